The van der Waals surface area contributed by atoms with Gasteiger partial charge in [0.05, 0.1) is 26.0 Å². The zero-order valence-corrected chi connectivity index (χ0v) is 20.7. The molecule has 0 saturated carbocycles. The van der Waals surface area contributed by atoms with Crippen molar-refractivity contribution >= 4 is 45.6 Å². The van der Waals surface area contributed by atoms with Gasteiger partial charge in [-0.2, -0.15) is 5.10 Å². The summed E-state index contributed by atoms with van der Waals surface area (Å²) in [5.41, 5.74) is 4.12. The number of halogens is 1. The number of amides is 2. The van der Waals surface area contributed by atoms with Gasteiger partial charge in [-0.3, -0.25) is 9.59 Å². The first-order chi connectivity index (χ1) is 16.8. The molecule has 0 saturated heterocycles. The highest BCUT2D eigenvalue weighted by Crippen LogP contribution is 2.29. The van der Waals surface area contributed by atoms with Crippen LogP contribution >= 0.6 is 15.9 Å². The van der Waals surface area contributed by atoms with E-state index in [1.165, 1.54) is 26.5 Å². The molecule has 35 heavy (non-hydrogen) atoms. The van der Waals surface area contributed by atoms with Gasteiger partial charge in [0.2, 0.25) is 0 Å². The van der Waals surface area contributed by atoms with E-state index < -0.39 is 17.8 Å². The number of rotatable bonds is 7. The maximum absolute atomic E-state index is 12.7. The predicted molar refractivity (Wildman–Crippen MR) is 134 cm³/mol. The van der Waals surface area contributed by atoms with Crippen molar-refractivity contribution in [2.45, 2.75) is 6.92 Å². The summed E-state index contributed by atoms with van der Waals surface area (Å²) in [5.74, 6) is -1.41. The standard InChI is InChI=1S/C25H22BrN3O6/c1-15-6-4-5-7-19(15)28-23(30)24(31)29-27-14-17-12-18(26)9-11-20(17)35-25(32)16-8-10-21(33-2)22(13-16)34-3/h4-14H,1-3H3,(H,28,30)(H,29,31)/b27-14-. The first kappa shape index (κ1) is 25.4. The number of nitrogens with one attached hydrogen (secondary N) is 2. The Kier molecular flexibility index (Phi) is 8.58. The van der Waals surface area contributed by atoms with E-state index in [1.54, 1.807) is 42.5 Å². The molecule has 10 heteroatoms. The molecule has 2 N–H and O–H groups in total. The van der Waals surface area contributed by atoms with Crippen molar-refractivity contribution in [3.8, 4) is 17.2 Å². The van der Waals surface area contributed by atoms with E-state index in [0.29, 0.717) is 27.2 Å². The fourth-order valence-electron chi connectivity index (χ4n) is 2.94. The molecule has 3 aromatic rings. The minimum absolute atomic E-state index is 0.190. The van der Waals surface area contributed by atoms with E-state index in [1.807, 2.05) is 19.1 Å². The van der Waals surface area contributed by atoms with Crippen LogP contribution in [0.25, 0.3) is 0 Å². The summed E-state index contributed by atoms with van der Waals surface area (Å²) in [7, 11) is 2.96. The number of hydrazone groups is 1. The molecule has 0 aromatic heterocycles. The lowest BCUT2D eigenvalue weighted by molar-refractivity contribution is -0.136. The van der Waals surface area contributed by atoms with Gasteiger partial charge in [-0.05, 0) is 55.0 Å². The summed E-state index contributed by atoms with van der Waals surface area (Å²) in [6.07, 6.45) is 1.26. The summed E-state index contributed by atoms with van der Waals surface area (Å²) >= 11 is 3.35. The van der Waals surface area contributed by atoms with Crippen LogP contribution < -0.4 is 25.0 Å². The van der Waals surface area contributed by atoms with Crippen molar-refractivity contribution < 1.29 is 28.6 Å². The highest BCUT2D eigenvalue weighted by Gasteiger charge is 2.16. The van der Waals surface area contributed by atoms with Gasteiger partial charge in [-0.15, -0.1) is 0 Å². The van der Waals surface area contributed by atoms with Crippen LogP contribution in [0.3, 0.4) is 0 Å². The molecule has 0 fully saturated rings. The van der Waals surface area contributed by atoms with E-state index in [4.69, 9.17) is 14.2 Å². The number of hydrogen-bond acceptors (Lipinski definition) is 7. The summed E-state index contributed by atoms with van der Waals surface area (Å²) in [6.45, 7) is 1.81. The van der Waals surface area contributed by atoms with Crippen molar-refractivity contribution in [3.05, 3.63) is 81.8 Å². The van der Waals surface area contributed by atoms with E-state index in [-0.39, 0.29) is 11.3 Å². The molecule has 0 radical (unpaired) electrons. The average molecular weight is 540 g/mol. The Bertz CT molecular complexity index is 1290. The van der Waals surface area contributed by atoms with Crippen LogP contribution in [0.4, 0.5) is 5.69 Å². The first-order valence-corrected chi connectivity index (χ1v) is 11.1. The quantitative estimate of drug-likeness (QED) is 0.154. The Hall–Kier alpha value is -4.18. The molecular formula is C25H22BrN3O6. The number of benzene rings is 3. The van der Waals surface area contributed by atoms with Crippen LogP contribution in [0.15, 0.2) is 70.2 Å². The van der Waals surface area contributed by atoms with Crippen molar-refractivity contribution in [3.63, 3.8) is 0 Å². The molecule has 0 spiro atoms. The first-order valence-electron chi connectivity index (χ1n) is 10.3. The van der Waals surface area contributed by atoms with Gasteiger partial charge >= 0.3 is 17.8 Å². The fourth-order valence-corrected chi connectivity index (χ4v) is 3.32. The number of para-hydroxylation sites is 1. The van der Waals surface area contributed by atoms with Crippen LogP contribution in [0, 0.1) is 6.92 Å². The Balaban J connectivity index is 1.70. The molecule has 0 bridgehead atoms. The molecule has 0 aliphatic carbocycles. The number of esters is 1. The highest BCUT2D eigenvalue weighted by molar-refractivity contribution is 9.10. The minimum atomic E-state index is -0.955. The number of hydrogen-bond donors (Lipinski definition) is 2. The topological polar surface area (TPSA) is 115 Å². The lowest BCUT2D eigenvalue weighted by atomic mass is 10.2. The van der Waals surface area contributed by atoms with E-state index >= 15 is 0 Å². The third-order valence-corrected chi connectivity index (χ3v) is 5.26. The summed E-state index contributed by atoms with van der Waals surface area (Å²) < 4.78 is 16.6. The van der Waals surface area contributed by atoms with Crippen LogP contribution in [0.1, 0.15) is 21.5 Å². The Morgan fingerprint density at radius 2 is 1.60 bits per heavy atom. The average Bonchev–Trinajstić information content (AvgIpc) is 2.86. The van der Waals surface area contributed by atoms with Crippen LogP contribution in [0.5, 0.6) is 17.2 Å². The summed E-state index contributed by atoms with van der Waals surface area (Å²) in [5, 5.41) is 6.34. The molecule has 3 rings (SSSR count). The molecule has 2 amide bonds. The third-order valence-electron chi connectivity index (χ3n) is 4.76. The monoisotopic (exact) mass is 539 g/mol. The Morgan fingerprint density at radius 3 is 2.31 bits per heavy atom. The van der Waals surface area contributed by atoms with Gasteiger partial charge in [0.1, 0.15) is 5.75 Å². The SMILES string of the molecule is COc1ccc(C(=O)Oc2ccc(Br)cc2/C=N\NC(=O)C(=O)Nc2ccccc2C)cc1OC. The second-order valence-electron chi connectivity index (χ2n) is 7.11. The predicted octanol–water partition coefficient (Wildman–Crippen LogP) is 4.08. The summed E-state index contributed by atoms with van der Waals surface area (Å²) in [4.78, 5) is 37.0. The molecule has 9 nitrogen and oxygen atoms in total. The normalized spacial score (nSPS) is 10.5. The van der Waals surface area contributed by atoms with E-state index in [9.17, 15) is 14.4 Å². The second-order valence-corrected chi connectivity index (χ2v) is 8.03. The fraction of sp³-hybridized carbons (Fsp3) is 0.120. The molecular weight excluding hydrogens is 518 g/mol. The lowest BCUT2D eigenvalue weighted by Crippen LogP contribution is -2.32. The van der Waals surface area contributed by atoms with Crippen LogP contribution in [0.2, 0.25) is 0 Å². The lowest BCUT2D eigenvalue weighted by Gasteiger charge is -2.11. The van der Waals surface area contributed by atoms with Crippen molar-refractivity contribution in [2.75, 3.05) is 19.5 Å². The second kappa shape index (κ2) is 11.8. The van der Waals surface area contributed by atoms with Crippen LogP contribution in [-0.4, -0.2) is 38.2 Å². The number of methoxy groups -OCH3 is 2. The Morgan fingerprint density at radius 1 is 0.886 bits per heavy atom. The van der Waals surface area contributed by atoms with E-state index in [2.05, 4.69) is 31.8 Å². The molecule has 0 unspecified atom stereocenters. The number of ether oxygens (including phenoxy) is 3. The number of anilines is 1. The Labute approximate surface area is 210 Å². The van der Waals surface area contributed by atoms with Crippen molar-refractivity contribution in [2.24, 2.45) is 5.10 Å². The third kappa shape index (κ3) is 6.67. The largest absolute Gasteiger partial charge is 0.493 e. The van der Waals surface area contributed by atoms with Gasteiger partial charge in [0.25, 0.3) is 0 Å². The number of aryl methyl sites for hydroxylation is 1. The maximum Gasteiger partial charge on any atom is 0.343 e. The number of nitrogens with zero attached hydrogens (tertiary/aromatic N) is 1. The maximum atomic E-state index is 12.7. The van der Waals surface area contributed by atoms with E-state index in [0.717, 1.165) is 5.56 Å². The molecule has 0 heterocycles. The number of carbonyl (C=O) groups excluding carboxylic acids is 3. The molecule has 3 aromatic carbocycles. The van der Waals surface area contributed by atoms with Gasteiger partial charge in [0.15, 0.2) is 11.5 Å². The van der Waals surface area contributed by atoms with Crippen molar-refractivity contribution in [1.29, 1.82) is 0 Å². The molecule has 0 aliphatic heterocycles. The zero-order chi connectivity index (χ0) is 25.4. The summed E-state index contributed by atoms with van der Waals surface area (Å²) in [6, 6.07) is 16.6. The minimum Gasteiger partial charge on any atom is -0.493 e. The zero-order valence-electron chi connectivity index (χ0n) is 19.1. The molecule has 0 aliphatic rings. The molecule has 180 valence electrons. The highest BCUT2D eigenvalue weighted by atomic mass is 79.9. The van der Waals surface area contributed by atoms with Gasteiger partial charge < -0.3 is 19.5 Å². The number of carbonyl (C=O) groups is 3. The smallest absolute Gasteiger partial charge is 0.343 e. The van der Waals surface area contributed by atoms with Gasteiger partial charge in [-0.1, -0.05) is 34.1 Å². The van der Waals surface area contributed by atoms with Crippen molar-refractivity contribution in [1.82, 2.24) is 5.43 Å². The van der Waals surface area contributed by atoms with Gasteiger partial charge in [0, 0.05) is 15.7 Å². The molecule has 0 atom stereocenters. The van der Waals surface area contributed by atoms with Crippen LogP contribution in [-0.2, 0) is 9.59 Å². The van der Waals surface area contributed by atoms with Gasteiger partial charge in [-0.25, -0.2) is 10.2 Å².